The number of halogens is 1. The molecule has 20 aromatic rings. The minimum Gasteiger partial charge on any atom is -0.405 e. The van der Waals surface area contributed by atoms with E-state index in [2.05, 4.69) is 392 Å². The van der Waals surface area contributed by atoms with E-state index in [1.54, 1.807) is 0 Å². The van der Waals surface area contributed by atoms with Gasteiger partial charge in [0.05, 0.1) is 55.7 Å². The maximum Gasteiger partial charge on any atom is 0.496 e. The second-order valence-electron chi connectivity index (χ2n) is 36.0. The van der Waals surface area contributed by atoms with E-state index in [9.17, 15) is 0 Å². The molecular formula is C110H92B3BrN2O6. The summed E-state index contributed by atoms with van der Waals surface area (Å²) >= 11 is 3.98. The summed E-state index contributed by atoms with van der Waals surface area (Å²) in [4.78, 5) is 0. The van der Waals surface area contributed by atoms with Crippen LogP contribution in [0.5, 0.6) is 0 Å². The lowest BCUT2D eigenvalue weighted by Crippen LogP contribution is -2.41. The van der Waals surface area contributed by atoms with E-state index in [-0.39, 0.29) is 22.4 Å². The lowest BCUT2D eigenvalue weighted by atomic mass is 9.49. The maximum atomic E-state index is 6.78. The molecular weight excluding hydrogens is 1560 g/mol. The first kappa shape index (κ1) is 77.4. The van der Waals surface area contributed by atoms with Crippen molar-refractivity contribution >= 4 is 172 Å². The van der Waals surface area contributed by atoms with Crippen LogP contribution in [-0.4, -0.2) is 63.9 Å². The Kier molecular flexibility index (Phi) is 18.5. The van der Waals surface area contributed by atoms with E-state index in [1.165, 1.54) is 169 Å². The third-order valence-electron chi connectivity index (χ3n) is 27.4. The Morgan fingerprint density at radius 1 is 0.205 bits per heavy atom. The minimum atomic E-state index is -0.498. The van der Waals surface area contributed by atoms with E-state index in [0.29, 0.717) is 0 Å². The van der Waals surface area contributed by atoms with Gasteiger partial charge in [0.2, 0.25) is 0 Å². The molecule has 3 saturated heterocycles. The smallest absolute Gasteiger partial charge is 0.405 e. The highest BCUT2D eigenvalue weighted by atomic mass is 79.9. The van der Waals surface area contributed by atoms with Crippen LogP contribution in [0, 0.1) is 0 Å². The van der Waals surface area contributed by atoms with Crippen LogP contribution in [0.1, 0.15) is 83.1 Å². The molecule has 0 aliphatic carbocycles. The fraction of sp³-hybridized carbons (Fsp3) is 0.164. The van der Waals surface area contributed by atoms with Crippen molar-refractivity contribution in [3.63, 3.8) is 0 Å². The normalized spacial score (nSPS) is 16.4. The Hall–Kier alpha value is -11.9. The summed E-state index contributed by atoms with van der Waals surface area (Å²) in [5.41, 5.74) is 15.9. The highest BCUT2D eigenvalue weighted by Crippen LogP contribution is 2.54. The van der Waals surface area contributed by atoms with Gasteiger partial charge in [0.1, 0.15) is 0 Å². The van der Waals surface area contributed by atoms with Crippen LogP contribution >= 0.6 is 15.9 Å². The van der Waals surface area contributed by atoms with Gasteiger partial charge in [0, 0.05) is 37.4 Å². The van der Waals surface area contributed by atoms with E-state index in [4.69, 9.17) is 27.9 Å². The lowest BCUT2D eigenvalue weighted by molar-refractivity contribution is 0.00578. The van der Waals surface area contributed by atoms with Crippen LogP contribution in [0.2, 0.25) is 0 Å². The molecule has 3 fully saturated rings. The van der Waals surface area contributed by atoms with Crippen molar-refractivity contribution in [1.82, 2.24) is 9.13 Å². The zero-order chi connectivity index (χ0) is 83.5. The van der Waals surface area contributed by atoms with Gasteiger partial charge in [0.15, 0.2) is 0 Å². The number of benzene rings is 18. The summed E-state index contributed by atoms with van der Waals surface area (Å²) in [7, 11) is -1.45. The van der Waals surface area contributed by atoms with Crippen molar-refractivity contribution in [2.45, 2.75) is 117 Å². The van der Waals surface area contributed by atoms with E-state index < -0.39 is 32.3 Å². The molecule has 122 heavy (non-hydrogen) atoms. The molecule has 0 amide bonds. The van der Waals surface area contributed by atoms with Gasteiger partial charge in [-0.15, -0.1) is 0 Å². The number of hydrogen-bond donors (Lipinski definition) is 0. The van der Waals surface area contributed by atoms with Gasteiger partial charge in [-0.1, -0.05) is 279 Å². The van der Waals surface area contributed by atoms with Crippen LogP contribution < -0.4 is 5.46 Å². The standard InChI is InChI=1S/C52H40BNO2.C46H28BrN.C12H24B2O4/c1-51(2)52(3,4)56-53(55-51)50-42-27-14-12-25-40(42)49(41-26-13-15-28-43(41)50)48-38-23-10-8-21-36(38)47(37-22-9-11-24-39(37)48)33-30-31-46-44(32-33)35-20-16-17-29-45(35)54(46)34-18-6-5-7-19-34;47-46-38-23-10-8-21-36(38)45(37-22-9-11-24-39(37)46)44-34-19-6-4-17-32(34)43(33-18-5-7-20-35(33)44)29-26-27-42-40(28-29)31-16-12-13-25-41(31)48(42)30-14-2-1-3-15-30;1-9(2)10(3,4)16-13(15-9)14-17-11(5,6)12(7,8)18-14/h5-32H,1-4H3;1-28H;1-8H3. The number of para-hydroxylation sites is 4. The molecule has 594 valence electrons. The van der Waals surface area contributed by atoms with E-state index >= 15 is 0 Å². The molecule has 0 spiro atoms. The first-order valence-electron chi connectivity index (χ1n) is 42.6. The molecule has 18 aromatic carbocycles. The molecule has 0 saturated carbocycles. The van der Waals surface area contributed by atoms with Gasteiger partial charge < -0.3 is 37.1 Å². The largest absolute Gasteiger partial charge is 0.496 e. The highest BCUT2D eigenvalue weighted by molar-refractivity contribution is 9.10. The number of aromatic nitrogens is 2. The lowest BCUT2D eigenvalue weighted by Gasteiger charge is -2.32. The maximum absolute atomic E-state index is 6.78. The molecule has 3 aliphatic rings. The van der Waals surface area contributed by atoms with Crippen LogP contribution in [0.25, 0.3) is 186 Å². The van der Waals surface area contributed by atoms with Gasteiger partial charge in [-0.3, -0.25) is 0 Å². The molecule has 0 radical (unpaired) electrons. The van der Waals surface area contributed by atoms with Gasteiger partial charge in [-0.25, -0.2) is 0 Å². The van der Waals surface area contributed by atoms with Crippen LogP contribution in [0.4, 0.5) is 0 Å². The van der Waals surface area contributed by atoms with Crippen LogP contribution in [0.15, 0.2) is 344 Å². The zero-order valence-corrected chi connectivity index (χ0v) is 72.4. The molecule has 0 atom stereocenters. The van der Waals surface area contributed by atoms with Crippen molar-refractivity contribution in [3.05, 3.63) is 344 Å². The fourth-order valence-electron chi connectivity index (χ4n) is 19.4. The third-order valence-corrected chi connectivity index (χ3v) is 28.3. The van der Waals surface area contributed by atoms with Gasteiger partial charge in [0.25, 0.3) is 0 Å². The van der Waals surface area contributed by atoms with Gasteiger partial charge in [-0.05, 0) is 296 Å². The number of rotatable bonds is 8. The molecule has 5 heterocycles. The average Bonchev–Trinajstić information content (AvgIpc) is 0.842. The molecule has 0 N–H and O–H groups in total. The number of nitrogens with zero attached hydrogens (tertiary/aromatic N) is 2. The zero-order valence-electron chi connectivity index (χ0n) is 70.8. The van der Waals surface area contributed by atoms with Crippen LogP contribution in [0.3, 0.4) is 0 Å². The number of fused-ring (bicyclic) bond motifs is 14. The molecule has 8 nitrogen and oxygen atoms in total. The fourth-order valence-corrected chi connectivity index (χ4v) is 20.1. The molecule has 3 aliphatic heterocycles. The SMILES string of the molecule is Brc1c2ccccc2c(-c2c3ccccc3c(-c3ccc4c(c3)c3ccccc3n4-c3ccccc3)c3ccccc23)c2ccccc12.CC1(C)OB(B2OC(C)(C)C(C)(C)O2)OC1(C)C.CC1(C)OB(c2c3ccccc3c(-c3c4ccccc4c(-c4ccc5c(c4)c4ccccc4n5-c4ccccc4)c4ccccc34)c3ccccc23)OC1(C)C. The average molecular weight is 1650 g/mol. The third kappa shape index (κ3) is 12.3. The Bertz CT molecular complexity index is 7350. The first-order chi connectivity index (χ1) is 59.0. The summed E-state index contributed by atoms with van der Waals surface area (Å²) in [6.45, 7) is 24.7. The van der Waals surface area contributed by atoms with Crippen molar-refractivity contribution in [2.75, 3.05) is 0 Å². The minimum absolute atomic E-state index is 0.360. The summed E-state index contributed by atoms with van der Waals surface area (Å²) in [5, 5.41) is 24.6. The molecule has 0 bridgehead atoms. The van der Waals surface area contributed by atoms with Crippen molar-refractivity contribution in [2.24, 2.45) is 0 Å². The Labute approximate surface area is 721 Å². The quantitative estimate of drug-likeness (QED) is 0.112. The molecule has 12 heteroatoms. The summed E-state index contributed by atoms with van der Waals surface area (Å²) < 4.78 is 43.3. The molecule has 0 unspecified atom stereocenters. The Morgan fingerprint density at radius 3 is 0.713 bits per heavy atom. The second-order valence-corrected chi connectivity index (χ2v) is 36.8. The van der Waals surface area contributed by atoms with Gasteiger partial charge in [-0.2, -0.15) is 0 Å². The van der Waals surface area contributed by atoms with E-state index in [1.807, 2.05) is 55.4 Å². The monoisotopic (exact) mass is 1650 g/mol. The van der Waals surface area contributed by atoms with E-state index in [0.717, 1.165) is 26.4 Å². The molecule has 23 rings (SSSR count). The van der Waals surface area contributed by atoms with Gasteiger partial charge >= 0.3 is 21.1 Å². The van der Waals surface area contributed by atoms with Crippen LogP contribution in [-0.2, 0) is 27.9 Å². The topological polar surface area (TPSA) is 65.2 Å². The Balaban J connectivity index is 0.000000126. The highest BCUT2D eigenvalue weighted by Gasteiger charge is 2.64. The molecule has 2 aromatic heterocycles. The summed E-state index contributed by atoms with van der Waals surface area (Å²) in [6.07, 6.45) is 0. The summed E-state index contributed by atoms with van der Waals surface area (Å²) in [6, 6.07) is 124. The van der Waals surface area contributed by atoms with Crippen molar-refractivity contribution in [1.29, 1.82) is 0 Å². The van der Waals surface area contributed by atoms with Crippen molar-refractivity contribution < 1.29 is 27.9 Å². The predicted octanol–water partition coefficient (Wildman–Crippen LogP) is 28.8. The Morgan fingerprint density at radius 2 is 0.418 bits per heavy atom. The predicted molar refractivity (Wildman–Crippen MR) is 519 cm³/mol. The van der Waals surface area contributed by atoms with Crippen molar-refractivity contribution in [3.8, 4) is 55.9 Å². The number of hydrogen-bond acceptors (Lipinski definition) is 6. The second kappa shape index (κ2) is 29.1. The first-order valence-corrected chi connectivity index (χ1v) is 43.4. The summed E-state index contributed by atoms with van der Waals surface area (Å²) in [5.74, 6) is 0.